The van der Waals surface area contributed by atoms with Gasteiger partial charge in [-0.15, -0.1) is 0 Å². The van der Waals surface area contributed by atoms with Gasteiger partial charge in [-0.25, -0.2) is 9.59 Å². The van der Waals surface area contributed by atoms with Crippen molar-refractivity contribution in [3.05, 3.63) is 11.6 Å². The first-order chi connectivity index (χ1) is 8.32. The van der Waals surface area contributed by atoms with Gasteiger partial charge in [-0.05, 0) is 12.8 Å². The van der Waals surface area contributed by atoms with Crippen LogP contribution in [0.1, 0.15) is 19.3 Å². The monoisotopic (exact) mass is 278 g/mol. The zero-order valence-corrected chi connectivity index (χ0v) is 10.4. The predicted molar refractivity (Wildman–Crippen MR) is 64.4 cm³/mol. The first-order valence-electron chi connectivity index (χ1n) is 5.15. The molecule has 0 aliphatic rings. The van der Waals surface area contributed by atoms with Crippen molar-refractivity contribution in [1.82, 2.24) is 10.6 Å². The predicted octanol–water partition coefficient (Wildman–Crippen LogP) is 0.746. The summed E-state index contributed by atoms with van der Waals surface area (Å²) in [4.78, 5) is 32.4. The van der Waals surface area contributed by atoms with Crippen LogP contribution in [0.25, 0.3) is 0 Å². The van der Waals surface area contributed by atoms with Crippen molar-refractivity contribution in [2.75, 3.05) is 6.54 Å². The van der Waals surface area contributed by atoms with Gasteiger partial charge in [-0.2, -0.15) is 0 Å². The molecule has 0 heterocycles. The third-order valence-corrected chi connectivity index (χ3v) is 2.06. The van der Waals surface area contributed by atoms with Gasteiger partial charge in [-0.1, -0.05) is 18.2 Å². The molecule has 18 heavy (non-hydrogen) atoms. The van der Waals surface area contributed by atoms with E-state index >= 15 is 0 Å². The van der Waals surface area contributed by atoms with Gasteiger partial charge in [0.05, 0.1) is 6.54 Å². The number of carboxylic acids is 2. The Balaban J connectivity index is 4.10. The van der Waals surface area contributed by atoms with Crippen LogP contribution in [0.15, 0.2) is 11.6 Å². The van der Waals surface area contributed by atoms with Gasteiger partial charge in [0.15, 0.2) is 0 Å². The Labute approximate surface area is 109 Å². The van der Waals surface area contributed by atoms with Crippen molar-refractivity contribution in [3.8, 4) is 0 Å². The molecule has 4 N–H and O–H groups in total. The molecule has 0 rings (SSSR count). The number of hydrogen-bond donors (Lipinski definition) is 4. The molecule has 7 nitrogen and oxygen atoms in total. The van der Waals surface area contributed by atoms with Crippen LogP contribution in [0.3, 0.4) is 0 Å². The molecule has 1 atom stereocenters. The van der Waals surface area contributed by atoms with E-state index in [1.165, 1.54) is 0 Å². The number of carbonyl (C=O) groups is 3. The molecule has 102 valence electrons. The van der Waals surface area contributed by atoms with Crippen molar-refractivity contribution in [2.24, 2.45) is 0 Å². The number of rotatable bonds is 8. The Bertz CT molecular complexity index is 345. The number of aliphatic carboxylic acids is 2. The van der Waals surface area contributed by atoms with E-state index in [0.717, 1.165) is 0 Å². The summed E-state index contributed by atoms with van der Waals surface area (Å²) < 4.78 is 0. The molecule has 0 aromatic carbocycles. The van der Waals surface area contributed by atoms with Crippen molar-refractivity contribution in [3.63, 3.8) is 0 Å². The van der Waals surface area contributed by atoms with Gasteiger partial charge in [0.1, 0.15) is 6.04 Å². The molecular formula is C10H15ClN2O5. The van der Waals surface area contributed by atoms with E-state index in [4.69, 9.17) is 21.8 Å². The average Bonchev–Trinajstić information content (AvgIpc) is 2.24. The zero-order chi connectivity index (χ0) is 14.1. The third-order valence-electron chi connectivity index (χ3n) is 1.93. The third kappa shape index (κ3) is 8.40. The number of urea groups is 1. The van der Waals surface area contributed by atoms with Crippen LogP contribution in [-0.2, 0) is 9.59 Å². The van der Waals surface area contributed by atoms with Gasteiger partial charge in [0.25, 0.3) is 0 Å². The lowest BCUT2D eigenvalue weighted by Gasteiger charge is -2.14. The highest BCUT2D eigenvalue weighted by atomic mass is 35.5. The van der Waals surface area contributed by atoms with Crippen molar-refractivity contribution >= 4 is 29.6 Å². The number of carboxylic acid groups (broad SMARTS) is 2. The lowest BCUT2D eigenvalue weighted by molar-refractivity contribution is -0.140. The molecule has 0 bridgehead atoms. The summed E-state index contributed by atoms with van der Waals surface area (Å²) in [6.07, 6.45) is 0.0528. The Morgan fingerprint density at radius 2 is 1.89 bits per heavy atom. The van der Waals surface area contributed by atoms with E-state index in [-0.39, 0.29) is 30.8 Å². The van der Waals surface area contributed by atoms with Crippen LogP contribution in [0.2, 0.25) is 0 Å². The highest BCUT2D eigenvalue weighted by molar-refractivity contribution is 6.29. The summed E-state index contributed by atoms with van der Waals surface area (Å²) in [6.45, 7) is 3.37. The first-order valence-corrected chi connectivity index (χ1v) is 5.53. The van der Waals surface area contributed by atoms with Crippen molar-refractivity contribution in [1.29, 1.82) is 0 Å². The SMILES string of the molecule is C=C(Cl)CNC(=O)N[C@H](CCCC(=O)O)C(=O)O. The Morgan fingerprint density at radius 1 is 1.28 bits per heavy atom. The van der Waals surface area contributed by atoms with Crippen LogP contribution >= 0.6 is 11.6 Å². The topological polar surface area (TPSA) is 116 Å². The minimum atomic E-state index is -1.22. The molecule has 0 radical (unpaired) electrons. The largest absolute Gasteiger partial charge is 0.481 e. The summed E-state index contributed by atoms with van der Waals surface area (Å²) in [5, 5.41) is 22.0. The maximum Gasteiger partial charge on any atom is 0.326 e. The van der Waals surface area contributed by atoms with Crippen LogP contribution in [0, 0.1) is 0 Å². The maximum atomic E-state index is 11.3. The molecule has 0 aliphatic carbocycles. The zero-order valence-electron chi connectivity index (χ0n) is 9.61. The molecule has 0 spiro atoms. The van der Waals surface area contributed by atoms with Crippen LogP contribution in [-0.4, -0.2) is 40.8 Å². The summed E-state index contributed by atoms with van der Waals surface area (Å²) in [5.74, 6) is -2.23. The fourth-order valence-corrected chi connectivity index (χ4v) is 1.17. The summed E-state index contributed by atoms with van der Waals surface area (Å²) in [7, 11) is 0. The number of hydrogen-bond acceptors (Lipinski definition) is 3. The molecule has 0 aromatic rings. The smallest absolute Gasteiger partial charge is 0.326 e. The molecule has 0 saturated carbocycles. The lowest BCUT2D eigenvalue weighted by Crippen LogP contribution is -2.46. The standard InChI is InChI=1S/C10H15ClN2O5/c1-6(11)5-12-10(18)13-7(9(16)17)3-2-4-8(14)15/h7H,1-5H2,(H,14,15)(H,16,17)(H2,12,13,18)/t7-/m1/s1. The van der Waals surface area contributed by atoms with Gasteiger partial charge >= 0.3 is 18.0 Å². The lowest BCUT2D eigenvalue weighted by atomic mass is 10.1. The molecule has 0 fully saturated rings. The minimum absolute atomic E-state index is 0.0227. The number of amides is 2. The van der Waals surface area contributed by atoms with E-state index in [2.05, 4.69) is 17.2 Å². The number of carbonyl (C=O) groups excluding carboxylic acids is 1. The van der Waals surface area contributed by atoms with Gasteiger partial charge in [0, 0.05) is 11.5 Å². The molecule has 0 aromatic heterocycles. The second kappa shape index (κ2) is 8.35. The molecular weight excluding hydrogens is 264 g/mol. The normalized spacial score (nSPS) is 11.4. The Morgan fingerprint density at radius 3 is 2.33 bits per heavy atom. The highest BCUT2D eigenvalue weighted by Gasteiger charge is 2.19. The van der Waals surface area contributed by atoms with E-state index in [1.807, 2.05) is 0 Å². The Hall–Kier alpha value is -1.76. The molecule has 0 aliphatic heterocycles. The van der Waals surface area contributed by atoms with Crippen molar-refractivity contribution in [2.45, 2.75) is 25.3 Å². The summed E-state index contributed by atoms with van der Waals surface area (Å²) in [5.41, 5.74) is 0. The highest BCUT2D eigenvalue weighted by Crippen LogP contribution is 2.02. The van der Waals surface area contributed by atoms with Crippen LogP contribution in [0.5, 0.6) is 0 Å². The van der Waals surface area contributed by atoms with Gasteiger partial charge < -0.3 is 20.8 Å². The van der Waals surface area contributed by atoms with E-state index in [1.54, 1.807) is 0 Å². The van der Waals surface area contributed by atoms with Crippen LogP contribution in [0.4, 0.5) is 4.79 Å². The second-order valence-corrected chi connectivity index (χ2v) is 4.06. The van der Waals surface area contributed by atoms with Crippen LogP contribution < -0.4 is 10.6 Å². The first kappa shape index (κ1) is 16.2. The van der Waals surface area contributed by atoms with Gasteiger partial charge in [0.2, 0.25) is 0 Å². The minimum Gasteiger partial charge on any atom is -0.481 e. The fourth-order valence-electron chi connectivity index (χ4n) is 1.10. The average molecular weight is 279 g/mol. The molecule has 0 saturated heterocycles. The molecule has 8 heteroatoms. The van der Waals surface area contributed by atoms with Crippen molar-refractivity contribution < 1.29 is 24.6 Å². The Kier molecular flexibility index (Phi) is 7.53. The fraction of sp³-hybridized carbons (Fsp3) is 0.500. The van der Waals surface area contributed by atoms with E-state index < -0.39 is 24.0 Å². The quantitative estimate of drug-likeness (QED) is 0.523. The van der Waals surface area contributed by atoms with E-state index in [9.17, 15) is 14.4 Å². The maximum absolute atomic E-state index is 11.3. The molecule has 0 unspecified atom stereocenters. The number of halogens is 1. The molecule has 2 amide bonds. The van der Waals surface area contributed by atoms with Gasteiger partial charge in [-0.3, -0.25) is 4.79 Å². The number of nitrogens with one attached hydrogen (secondary N) is 2. The summed E-state index contributed by atoms with van der Waals surface area (Å²) in [6, 6.07) is -1.83. The van der Waals surface area contributed by atoms with E-state index in [0.29, 0.717) is 0 Å². The second-order valence-electron chi connectivity index (χ2n) is 3.52. The summed E-state index contributed by atoms with van der Waals surface area (Å²) >= 11 is 5.42.